The van der Waals surface area contributed by atoms with Crippen LogP contribution in [0.5, 0.6) is 5.75 Å². The highest BCUT2D eigenvalue weighted by Gasteiger charge is 2.20. The summed E-state index contributed by atoms with van der Waals surface area (Å²) in [5, 5.41) is 0. The van der Waals surface area contributed by atoms with E-state index in [1.165, 1.54) is 4.90 Å². The first-order valence-electron chi connectivity index (χ1n) is 6.03. The Morgan fingerprint density at radius 1 is 1.19 bits per heavy atom. The maximum absolute atomic E-state index is 11.5. The largest absolute Gasteiger partial charge is 0.748 e. The maximum Gasteiger partial charge on any atom is 0.414 e. The molecule has 0 heterocycles. The quantitative estimate of drug-likeness (QED) is 0.602. The fourth-order valence-corrected chi connectivity index (χ4v) is 1.28. The van der Waals surface area contributed by atoms with Crippen molar-refractivity contribution < 1.29 is 22.5 Å². The van der Waals surface area contributed by atoms with Gasteiger partial charge in [0.05, 0.1) is 31.3 Å². The van der Waals surface area contributed by atoms with E-state index in [0.29, 0.717) is 16.5 Å². The van der Waals surface area contributed by atoms with Crippen LogP contribution in [0.1, 0.15) is 0 Å². The van der Waals surface area contributed by atoms with Crippen LogP contribution in [-0.4, -0.2) is 65.5 Å². The van der Waals surface area contributed by atoms with Gasteiger partial charge in [-0.25, -0.2) is 13.2 Å². The number of rotatable bonds is 2. The average molecular weight is 318 g/mol. The summed E-state index contributed by atoms with van der Waals surface area (Å²) in [6.07, 6.45) is 0.244. The monoisotopic (exact) mass is 318 g/mol. The van der Waals surface area contributed by atoms with Crippen LogP contribution in [0.25, 0.3) is 0 Å². The molecule has 1 aromatic rings. The lowest BCUT2D eigenvalue weighted by molar-refractivity contribution is 0.171. The van der Waals surface area contributed by atoms with E-state index in [-0.39, 0.29) is 6.09 Å². The van der Waals surface area contributed by atoms with Crippen LogP contribution in [-0.2, 0) is 10.1 Å². The second kappa shape index (κ2) is 7.39. The fourth-order valence-electron chi connectivity index (χ4n) is 1.28. The number of hydrogen-bond donors (Lipinski definition) is 0. The predicted molar refractivity (Wildman–Crippen MR) is 81.3 cm³/mol. The summed E-state index contributed by atoms with van der Waals surface area (Å²) >= 11 is 0. The smallest absolute Gasteiger partial charge is 0.414 e. The van der Waals surface area contributed by atoms with Crippen molar-refractivity contribution in [3.05, 3.63) is 24.3 Å². The molecule has 0 aliphatic carbocycles. The zero-order valence-corrected chi connectivity index (χ0v) is 14.0. The van der Waals surface area contributed by atoms with Crippen LogP contribution in [0.4, 0.5) is 10.5 Å². The first kappa shape index (κ1) is 19.4. The molecule has 0 radical (unpaired) electrons. The second-order valence-electron chi connectivity index (χ2n) is 5.45. The SMILES string of the molecule is CN(C)C(=O)Oc1ccccc1[N+](C)(C)C.CS(=O)(=O)[O-]. The third-order valence-corrected chi connectivity index (χ3v) is 2.15. The Kier molecular flexibility index (Phi) is 6.81. The minimum Gasteiger partial charge on any atom is -0.748 e. The summed E-state index contributed by atoms with van der Waals surface area (Å²) < 4.78 is 33.1. The number of carbonyl (C=O) groups is 1. The highest BCUT2D eigenvalue weighted by atomic mass is 32.2. The number of benzene rings is 1. The van der Waals surface area contributed by atoms with Gasteiger partial charge < -0.3 is 14.2 Å². The first-order valence-corrected chi connectivity index (χ1v) is 7.85. The number of hydrogen-bond acceptors (Lipinski definition) is 5. The van der Waals surface area contributed by atoms with Gasteiger partial charge in [0.15, 0.2) is 11.4 Å². The summed E-state index contributed by atoms with van der Waals surface area (Å²) in [5.74, 6) is 0.605. The molecule has 0 saturated carbocycles. The highest BCUT2D eigenvalue weighted by Crippen LogP contribution is 2.29. The molecular weight excluding hydrogens is 296 g/mol. The van der Waals surface area contributed by atoms with Crippen molar-refractivity contribution in [1.29, 1.82) is 0 Å². The normalized spacial score (nSPS) is 11.2. The van der Waals surface area contributed by atoms with Crippen LogP contribution in [0.2, 0.25) is 0 Å². The van der Waals surface area contributed by atoms with Crippen LogP contribution in [0.3, 0.4) is 0 Å². The summed E-state index contributed by atoms with van der Waals surface area (Å²) in [6, 6.07) is 7.56. The Morgan fingerprint density at radius 3 is 2.00 bits per heavy atom. The Morgan fingerprint density at radius 2 is 1.62 bits per heavy atom. The molecule has 0 N–H and O–H groups in total. The highest BCUT2D eigenvalue weighted by molar-refractivity contribution is 7.84. The van der Waals surface area contributed by atoms with E-state index >= 15 is 0 Å². The lowest BCUT2D eigenvalue weighted by Crippen LogP contribution is -2.36. The van der Waals surface area contributed by atoms with E-state index in [2.05, 4.69) is 0 Å². The van der Waals surface area contributed by atoms with Crippen LogP contribution in [0, 0.1) is 0 Å². The molecule has 21 heavy (non-hydrogen) atoms. The molecule has 1 amide bonds. The molecule has 1 rings (SSSR count). The third kappa shape index (κ3) is 9.01. The van der Waals surface area contributed by atoms with Gasteiger partial charge in [-0.1, -0.05) is 12.1 Å². The molecule has 0 aliphatic heterocycles. The van der Waals surface area contributed by atoms with E-state index in [1.54, 1.807) is 20.2 Å². The van der Waals surface area contributed by atoms with Crippen molar-refractivity contribution in [2.24, 2.45) is 0 Å². The zero-order chi connectivity index (χ0) is 16.8. The molecule has 0 fully saturated rings. The Bertz CT molecular complexity index is 568. The Balaban J connectivity index is 0.000000690. The number of amides is 1. The van der Waals surface area contributed by atoms with E-state index in [1.807, 2.05) is 39.3 Å². The van der Waals surface area contributed by atoms with Gasteiger partial charge >= 0.3 is 6.09 Å². The van der Waals surface area contributed by atoms with Gasteiger partial charge in [-0.05, 0) is 6.07 Å². The van der Waals surface area contributed by atoms with Gasteiger partial charge in [-0.15, -0.1) is 0 Å². The molecule has 0 unspecified atom stereocenters. The van der Waals surface area contributed by atoms with E-state index in [9.17, 15) is 4.79 Å². The molecule has 120 valence electrons. The molecular formula is C13H22N2O5S. The Labute approximate surface area is 126 Å². The molecule has 7 nitrogen and oxygen atoms in total. The molecule has 0 aromatic heterocycles. The number of carbonyl (C=O) groups excluding carboxylic acids is 1. The van der Waals surface area contributed by atoms with Gasteiger partial charge in [0.2, 0.25) is 0 Å². The molecule has 0 spiro atoms. The molecule has 0 saturated heterocycles. The maximum atomic E-state index is 11.5. The topological polar surface area (TPSA) is 86.7 Å². The predicted octanol–water partition coefficient (Wildman–Crippen LogP) is 1.11. The third-order valence-electron chi connectivity index (χ3n) is 2.15. The number of quaternary nitrogens is 1. The van der Waals surface area contributed by atoms with E-state index < -0.39 is 10.1 Å². The number of ether oxygens (including phenoxy) is 1. The number of nitrogens with zero attached hydrogens (tertiary/aromatic N) is 2. The van der Waals surface area contributed by atoms with Gasteiger partial charge in [0.25, 0.3) is 0 Å². The van der Waals surface area contributed by atoms with Gasteiger partial charge in [0, 0.05) is 26.4 Å². The van der Waals surface area contributed by atoms with Crippen molar-refractivity contribution in [2.45, 2.75) is 0 Å². The van der Waals surface area contributed by atoms with Crippen LogP contribution < -0.4 is 9.22 Å². The molecule has 0 atom stereocenters. The summed E-state index contributed by atoms with van der Waals surface area (Å²) in [5.41, 5.74) is 0.970. The van der Waals surface area contributed by atoms with E-state index in [0.717, 1.165) is 5.69 Å². The average Bonchev–Trinajstić information content (AvgIpc) is 2.25. The summed E-state index contributed by atoms with van der Waals surface area (Å²) in [7, 11) is 5.50. The van der Waals surface area contributed by atoms with Crippen LogP contribution >= 0.6 is 0 Å². The molecule has 0 aliphatic rings. The Hall–Kier alpha value is -1.64. The summed E-state index contributed by atoms with van der Waals surface area (Å²) in [4.78, 5) is 12.9. The first-order chi connectivity index (χ1) is 9.32. The molecule has 0 bridgehead atoms. The minimum atomic E-state index is -3.92. The van der Waals surface area contributed by atoms with Gasteiger partial charge in [-0.3, -0.25) is 4.48 Å². The fraction of sp³-hybridized carbons (Fsp3) is 0.462. The van der Waals surface area contributed by atoms with Crippen molar-refractivity contribution >= 4 is 21.9 Å². The van der Waals surface area contributed by atoms with Gasteiger partial charge in [0.1, 0.15) is 0 Å². The zero-order valence-electron chi connectivity index (χ0n) is 13.2. The van der Waals surface area contributed by atoms with Crippen LogP contribution in [0.15, 0.2) is 24.3 Å². The van der Waals surface area contributed by atoms with Gasteiger partial charge in [-0.2, -0.15) is 0 Å². The van der Waals surface area contributed by atoms with E-state index in [4.69, 9.17) is 17.7 Å². The lowest BCUT2D eigenvalue weighted by atomic mass is 10.2. The minimum absolute atomic E-state index is 0.360. The van der Waals surface area contributed by atoms with Crippen molar-refractivity contribution in [2.75, 3.05) is 41.5 Å². The summed E-state index contributed by atoms with van der Waals surface area (Å²) in [6.45, 7) is 0. The molecule has 1 aromatic carbocycles. The van der Waals surface area contributed by atoms with Crippen molar-refractivity contribution in [3.63, 3.8) is 0 Å². The molecule has 8 heteroatoms. The lowest BCUT2D eigenvalue weighted by Gasteiger charge is -2.25. The number of para-hydroxylation sites is 2. The van der Waals surface area contributed by atoms with Crippen molar-refractivity contribution in [3.8, 4) is 5.75 Å². The standard InChI is InChI=1S/C12H19N2O2.CH4O3S/c1-13(2)12(15)16-11-9-7-6-8-10(11)14(3,4)5;1-5(2,3)4/h6-9H,1-5H3;1H3,(H,2,3,4)/q+1;/p-1. The second-order valence-corrected chi connectivity index (χ2v) is 6.85. The van der Waals surface area contributed by atoms with Crippen molar-refractivity contribution in [1.82, 2.24) is 9.38 Å².